The molecule has 5 N–H and O–H groups in total. The van der Waals surface area contributed by atoms with Crippen LogP contribution in [0.25, 0.3) is 11.3 Å². The van der Waals surface area contributed by atoms with Gasteiger partial charge in [-0.3, -0.25) is 14.2 Å². The summed E-state index contributed by atoms with van der Waals surface area (Å²) in [7, 11) is 0. The molecule has 0 unspecified atom stereocenters. The molecule has 0 bridgehead atoms. The number of phenolic OH excluding ortho intramolecular Hbond substituents is 1. The minimum Gasteiger partial charge on any atom is -0.508 e. The molecule has 2 aromatic rings. The van der Waals surface area contributed by atoms with E-state index in [1.165, 1.54) is 24.4 Å². The lowest BCUT2D eigenvalue weighted by Crippen LogP contribution is -2.30. The zero-order chi connectivity index (χ0) is 17.1. The first-order valence-corrected chi connectivity index (χ1v) is 6.96. The fraction of sp³-hybridized carbons (Fsp3) is 0.267. The lowest BCUT2D eigenvalue weighted by molar-refractivity contribution is -0.137. The maximum Gasteiger partial charge on any atom is 0.323 e. The number of carbonyl (C=O) groups is 1. The van der Waals surface area contributed by atoms with Gasteiger partial charge in [0.1, 0.15) is 12.3 Å². The van der Waals surface area contributed by atoms with Crippen LogP contribution in [0.5, 0.6) is 5.75 Å². The van der Waals surface area contributed by atoms with Gasteiger partial charge in [0.25, 0.3) is 5.56 Å². The highest BCUT2D eigenvalue weighted by atomic mass is 16.4. The number of hydrogen-bond acceptors (Lipinski definition) is 6. The van der Waals surface area contributed by atoms with Crippen molar-refractivity contribution in [3.63, 3.8) is 0 Å². The Bertz CT molecular complexity index is 778. The molecule has 0 aliphatic heterocycles. The van der Waals surface area contributed by atoms with Crippen LogP contribution in [0, 0.1) is 0 Å². The Morgan fingerprint density at radius 3 is 2.65 bits per heavy atom. The summed E-state index contributed by atoms with van der Waals surface area (Å²) in [5.41, 5.74) is 6.09. The molecular formula is C15H18N4O4. The molecule has 0 amide bonds. The number of nitrogens with one attached hydrogen (secondary N) is 1. The average molecular weight is 318 g/mol. The molecule has 2 rings (SSSR count). The molecule has 0 radical (unpaired) electrons. The number of nitrogens with zero attached hydrogens (tertiary/aromatic N) is 2. The SMILES string of the molecule is CC(C)Nc1ncc(-c2cc(N)cc(O)c2)n(CC(=O)O)c1=O. The Morgan fingerprint density at radius 2 is 2.09 bits per heavy atom. The van der Waals surface area contributed by atoms with Crippen molar-refractivity contribution in [3.8, 4) is 17.0 Å². The second kappa shape index (κ2) is 6.39. The zero-order valence-electron chi connectivity index (χ0n) is 12.8. The number of anilines is 2. The predicted octanol–water partition coefficient (Wildman–Crippen LogP) is 1.10. The summed E-state index contributed by atoms with van der Waals surface area (Å²) in [5.74, 6) is -1.18. The molecule has 0 atom stereocenters. The molecule has 8 heteroatoms. The van der Waals surface area contributed by atoms with E-state index in [0.29, 0.717) is 11.3 Å². The van der Waals surface area contributed by atoms with Crippen molar-refractivity contribution in [3.05, 3.63) is 34.7 Å². The molecular weight excluding hydrogens is 300 g/mol. The first kappa shape index (κ1) is 16.3. The van der Waals surface area contributed by atoms with E-state index in [9.17, 15) is 14.7 Å². The van der Waals surface area contributed by atoms with Crippen LogP contribution in [0.15, 0.2) is 29.2 Å². The van der Waals surface area contributed by atoms with Crippen LogP contribution in [-0.4, -0.2) is 31.8 Å². The third kappa shape index (κ3) is 3.79. The molecule has 0 aliphatic rings. The third-order valence-electron chi connectivity index (χ3n) is 3.01. The van der Waals surface area contributed by atoms with Crippen molar-refractivity contribution in [1.82, 2.24) is 9.55 Å². The third-order valence-corrected chi connectivity index (χ3v) is 3.01. The highest BCUT2D eigenvalue weighted by molar-refractivity contribution is 5.71. The van der Waals surface area contributed by atoms with Crippen molar-refractivity contribution >= 4 is 17.5 Å². The van der Waals surface area contributed by atoms with Crippen molar-refractivity contribution in [2.45, 2.75) is 26.4 Å². The number of aromatic hydroxyl groups is 1. The topological polar surface area (TPSA) is 130 Å². The standard InChI is InChI=1S/C15H18N4O4/c1-8(2)18-14-15(23)19(7-13(21)22)12(6-17-14)9-3-10(16)5-11(20)4-9/h3-6,8,20H,7,16H2,1-2H3,(H,17,18)(H,21,22). The minimum absolute atomic E-state index is 0.0317. The monoisotopic (exact) mass is 318 g/mol. The molecule has 1 aromatic heterocycles. The summed E-state index contributed by atoms with van der Waals surface area (Å²) < 4.78 is 1.08. The molecule has 1 heterocycles. The number of benzene rings is 1. The largest absolute Gasteiger partial charge is 0.508 e. The fourth-order valence-electron chi connectivity index (χ4n) is 2.17. The summed E-state index contributed by atoms with van der Waals surface area (Å²) >= 11 is 0. The molecule has 23 heavy (non-hydrogen) atoms. The molecule has 0 spiro atoms. The van der Waals surface area contributed by atoms with Gasteiger partial charge in [-0.05, 0) is 26.0 Å². The number of phenols is 1. The highest BCUT2D eigenvalue weighted by Gasteiger charge is 2.15. The Hall–Kier alpha value is -3.03. The van der Waals surface area contributed by atoms with Crippen molar-refractivity contribution in [1.29, 1.82) is 0 Å². The number of rotatable bonds is 5. The Labute approximate surface area is 132 Å². The summed E-state index contributed by atoms with van der Waals surface area (Å²) in [4.78, 5) is 27.6. The number of carboxylic acids is 1. The van der Waals surface area contributed by atoms with E-state index >= 15 is 0 Å². The quantitative estimate of drug-likeness (QED) is 0.607. The van der Waals surface area contributed by atoms with Gasteiger partial charge in [-0.1, -0.05) is 0 Å². The van der Waals surface area contributed by atoms with Gasteiger partial charge in [0.2, 0.25) is 0 Å². The smallest absolute Gasteiger partial charge is 0.323 e. The molecule has 0 aliphatic carbocycles. The molecule has 8 nitrogen and oxygen atoms in total. The van der Waals surface area contributed by atoms with E-state index < -0.39 is 18.1 Å². The van der Waals surface area contributed by atoms with Crippen LogP contribution in [0.3, 0.4) is 0 Å². The average Bonchev–Trinajstić information content (AvgIpc) is 2.41. The lowest BCUT2D eigenvalue weighted by atomic mass is 10.1. The predicted molar refractivity (Wildman–Crippen MR) is 86.4 cm³/mol. The highest BCUT2D eigenvalue weighted by Crippen LogP contribution is 2.26. The minimum atomic E-state index is -1.16. The van der Waals surface area contributed by atoms with E-state index in [1.807, 2.05) is 13.8 Å². The van der Waals surface area contributed by atoms with E-state index in [2.05, 4.69) is 10.3 Å². The number of aromatic nitrogens is 2. The van der Waals surface area contributed by atoms with Gasteiger partial charge in [0.15, 0.2) is 5.82 Å². The second-order valence-corrected chi connectivity index (χ2v) is 5.39. The zero-order valence-corrected chi connectivity index (χ0v) is 12.8. The van der Waals surface area contributed by atoms with Crippen LogP contribution in [-0.2, 0) is 11.3 Å². The van der Waals surface area contributed by atoms with E-state index in [-0.39, 0.29) is 23.3 Å². The number of carboxylic acid groups (broad SMARTS) is 1. The maximum absolute atomic E-state index is 12.5. The van der Waals surface area contributed by atoms with Gasteiger partial charge in [0, 0.05) is 23.4 Å². The second-order valence-electron chi connectivity index (χ2n) is 5.39. The molecule has 122 valence electrons. The molecule has 0 saturated carbocycles. The number of nitrogens with two attached hydrogens (primary N) is 1. The molecule has 1 aromatic carbocycles. The number of nitrogen functional groups attached to an aromatic ring is 1. The summed E-state index contributed by atoms with van der Waals surface area (Å²) in [5, 5.41) is 21.6. The van der Waals surface area contributed by atoms with Gasteiger partial charge >= 0.3 is 5.97 Å². The van der Waals surface area contributed by atoms with Crippen LogP contribution >= 0.6 is 0 Å². The van der Waals surface area contributed by atoms with Gasteiger partial charge < -0.3 is 21.3 Å². The van der Waals surface area contributed by atoms with Crippen LogP contribution in [0.2, 0.25) is 0 Å². The van der Waals surface area contributed by atoms with Crippen molar-refractivity contribution in [2.75, 3.05) is 11.1 Å². The fourth-order valence-corrected chi connectivity index (χ4v) is 2.17. The van der Waals surface area contributed by atoms with Crippen LogP contribution in [0.4, 0.5) is 11.5 Å². The van der Waals surface area contributed by atoms with Crippen molar-refractivity contribution < 1.29 is 15.0 Å². The Balaban J connectivity index is 2.65. The van der Waals surface area contributed by atoms with Crippen LogP contribution < -0.4 is 16.6 Å². The summed E-state index contributed by atoms with van der Waals surface area (Å²) in [6.07, 6.45) is 1.38. The number of aliphatic carboxylic acids is 1. The Morgan fingerprint density at radius 1 is 1.39 bits per heavy atom. The van der Waals surface area contributed by atoms with Gasteiger partial charge in [-0.2, -0.15) is 0 Å². The normalized spacial score (nSPS) is 10.7. The van der Waals surface area contributed by atoms with E-state index in [0.717, 1.165) is 4.57 Å². The van der Waals surface area contributed by atoms with Gasteiger partial charge in [-0.25, -0.2) is 4.98 Å². The van der Waals surface area contributed by atoms with Gasteiger partial charge in [-0.15, -0.1) is 0 Å². The van der Waals surface area contributed by atoms with Gasteiger partial charge in [0.05, 0.1) is 11.9 Å². The molecule has 0 fully saturated rings. The maximum atomic E-state index is 12.5. The first-order valence-electron chi connectivity index (χ1n) is 6.96. The summed E-state index contributed by atoms with van der Waals surface area (Å²) in [6, 6.07) is 4.24. The first-order chi connectivity index (χ1) is 10.8. The van der Waals surface area contributed by atoms with Crippen molar-refractivity contribution in [2.24, 2.45) is 0 Å². The van der Waals surface area contributed by atoms with Crippen LogP contribution in [0.1, 0.15) is 13.8 Å². The number of hydrogen-bond donors (Lipinski definition) is 4. The molecule has 0 saturated heterocycles. The lowest BCUT2D eigenvalue weighted by Gasteiger charge is -2.15. The Kier molecular flexibility index (Phi) is 4.54. The van der Waals surface area contributed by atoms with E-state index in [4.69, 9.17) is 10.8 Å². The van der Waals surface area contributed by atoms with E-state index in [1.54, 1.807) is 0 Å². The summed E-state index contributed by atoms with van der Waals surface area (Å²) in [6.45, 7) is 3.15.